The van der Waals surface area contributed by atoms with Gasteiger partial charge in [-0.05, 0) is 36.4 Å². The highest BCUT2D eigenvalue weighted by Crippen LogP contribution is 2.32. The number of rotatable bonds is 9. The van der Waals surface area contributed by atoms with E-state index in [0.29, 0.717) is 23.6 Å². The molecule has 0 bridgehead atoms. The number of carboxylic acid groups (broad SMARTS) is 1. The van der Waals surface area contributed by atoms with Gasteiger partial charge in [-0.25, -0.2) is 18.4 Å². The summed E-state index contributed by atoms with van der Waals surface area (Å²) in [6.07, 6.45) is 7.66. The second-order valence-corrected chi connectivity index (χ2v) is 10.7. The van der Waals surface area contributed by atoms with E-state index >= 15 is 0 Å². The summed E-state index contributed by atoms with van der Waals surface area (Å²) in [7, 11) is -4.15. The SMILES string of the molecule is O=C(O)CN(c1ccc2c(ccn2-c2cnc(NCCO)cn2)c1)S(=O)(=O)C1C=C(Cl)C=C(Cl)C1. The number of aliphatic hydroxyl groups excluding tert-OH is 1. The summed E-state index contributed by atoms with van der Waals surface area (Å²) in [6.45, 7) is -0.438. The van der Waals surface area contributed by atoms with Crippen LogP contribution in [0.25, 0.3) is 16.7 Å². The Balaban J connectivity index is 1.68. The molecule has 0 fully saturated rings. The molecule has 0 saturated carbocycles. The summed E-state index contributed by atoms with van der Waals surface area (Å²) in [6, 6.07) is 6.59. The summed E-state index contributed by atoms with van der Waals surface area (Å²) in [4.78, 5) is 20.2. The van der Waals surface area contributed by atoms with Gasteiger partial charge < -0.3 is 15.5 Å². The fourth-order valence-corrected chi connectivity index (χ4v) is 6.22. The van der Waals surface area contributed by atoms with Crippen LogP contribution in [0.3, 0.4) is 0 Å². The molecule has 3 aromatic rings. The molecule has 3 N–H and O–H groups in total. The number of aliphatic carboxylic acids is 1. The Labute approximate surface area is 211 Å². The molecule has 4 rings (SSSR count). The van der Waals surface area contributed by atoms with Crippen molar-refractivity contribution in [2.75, 3.05) is 29.3 Å². The van der Waals surface area contributed by atoms with Gasteiger partial charge in [-0.15, -0.1) is 0 Å². The van der Waals surface area contributed by atoms with Crippen LogP contribution in [0.5, 0.6) is 0 Å². The molecule has 2 aromatic heterocycles. The number of halogens is 2. The molecular weight excluding hydrogens is 517 g/mol. The molecule has 13 heteroatoms. The van der Waals surface area contributed by atoms with Crippen LogP contribution in [-0.4, -0.2) is 64.1 Å². The molecule has 1 atom stereocenters. The predicted octanol–water partition coefficient (Wildman–Crippen LogP) is 3.06. The van der Waals surface area contributed by atoms with Crippen LogP contribution >= 0.6 is 23.2 Å². The molecule has 0 amide bonds. The lowest BCUT2D eigenvalue weighted by Crippen LogP contribution is -2.41. The number of carbonyl (C=O) groups is 1. The number of aliphatic hydroxyl groups is 1. The Kier molecular flexibility index (Phi) is 7.31. The van der Waals surface area contributed by atoms with E-state index < -0.39 is 27.8 Å². The van der Waals surface area contributed by atoms with Gasteiger partial charge in [0.15, 0.2) is 5.82 Å². The van der Waals surface area contributed by atoms with Crippen LogP contribution in [0.1, 0.15) is 6.42 Å². The number of aromatic nitrogens is 3. The number of hydrogen-bond donors (Lipinski definition) is 3. The van der Waals surface area contributed by atoms with Crippen LogP contribution in [0.15, 0.2) is 65.1 Å². The second-order valence-electron chi connectivity index (χ2n) is 7.67. The molecule has 1 aliphatic carbocycles. The molecule has 1 unspecified atom stereocenters. The Hall–Kier alpha value is -3.12. The van der Waals surface area contributed by atoms with E-state index in [1.54, 1.807) is 35.2 Å². The van der Waals surface area contributed by atoms with Gasteiger partial charge in [-0.2, -0.15) is 0 Å². The van der Waals surface area contributed by atoms with Crippen LogP contribution in [-0.2, 0) is 14.8 Å². The predicted molar refractivity (Wildman–Crippen MR) is 135 cm³/mol. The first-order valence-corrected chi connectivity index (χ1v) is 12.7. The first kappa shape index (κ1) is 25.0. The lowest BCUT2D eigenvalue weighted by molar-refractivity contribution is -0.135. The fourth-order valence-electron chi connectivity index (χ4n) is 3.70. The number of hydrogen-bond acceptors (Lipinski definition) is 7. The van der Waals surface area contributed by atoms with Crippen molar-refractivity contribution in [3.8, 4) is 5.82 Å². The molecule has 10 nitrogen and oxygen atoms in total. The molecule has 35 heavy (non-hydrogen) atoms. The Morgan fingerprint density at radius 3 is 2.69 bits per heavy atom. The molecule has 0 radical (unpaired) electrons. The zero-order valence-electron chi connectivity index (χ0n) is 18.2. The van der Waals surface area contributed by atoms with Crippen LogP contribution in [0.4, 0.5) is 11.5 Å². The van der Waals surface area contributed by atoms with Crippen molar-refractivity contribution in [3.05, 3.63) is 65.1 Å². The van der Waals surface area contributed by atoms with Gasteiger partial charge >= 0.3 is 5.97 Å². The first-order chi connectivity index (χ1) is 16.7. The maximum absolute atomic E-state index is 13.4. The van der Waals surface area contributed by atoms with Gasteiger partial charge in [-0.1, -0.05) is 23.2 Å². The third-order valence-electron chi connectivity index (χ3n) is 5.27. The summed E-state index contributed by atoms with van der Waals surface area (Å²) >= 11 is 12.1. The Morgan fingerprint density at radius 1 is 1.23 bits per heavy atom. The number of fused-ring (bicyclic) bond motifs is 1. The van der Waals surface area contributed by atoms with Gasteiger partial charge in [0.1, 0.15) is 17.6 Å². The third-order valence-corrected chi connectivity index (χ3v) is 7.79. The average molecular weight is 538 g/mol. The lowest BCUT2D eigenvalue weighted by Gasteiger charge is -2.28. The number of nitrogens with one attached hydrogen (secondary N) is 1. The van der Waals surface area contributed by atoms with Crippen LogP contribution in [0, 0.1) is 0 Å². The van der Waals surface area contributed by atoms with Crippen molar-refractivity contribution < 1.29 is 23.4 Å². The van der Waals surface area contributed by atoms with Gasteiger partial charge in [0.05, 0.1) is 30.2 Å². The summed E-state index contributed by atoms with van der Waals surface area (Å²) in [5.41, 5.74) is 0.917. The minimum absolute atomic E-state index is 0.00330. The zero-order valence-corrected chi connectivity index (χ0v) is 20.5. The van der Waals surface area contributed by atoms with E-state index in [9.17, 15) is 18.3 Å². The normalized spacial score (nSPS) is 16.0. The first-order valence-electron chi connectivity index (χ1n) is 10.4. The van der Waals surface area contributed by atoms with Gasteiger partial charge in [0.25, 0.3) is 0 Å². The molecule has 1 aliphatic rings. The fraction of sp³-hybridized carbons (Fsp3) is 0.227. The van der Waals surface area contributed by atoms with Crippen molar-refractivity contribution in [3.63, 3.8) is 0 Å². The van der Waals surface area contributed by atoms with E-state index in [0.717, 1.165) is 9.82 Å². The molecule has 0 saturated heterocycles. The zero-order chi connectivity index (χ0) is 25.2. The van der Waals surface area contributed by atoms with Gasteiger partial charge in [0, 0.05) is 34.6 Å². The minimum Gasteiger partial charge on any atom is -0.480 e. The Bertz CT molecular complexity index is 1420. The molecule has 184 valence electrons. The van der Waals surface area contributed by atoms with E-state index in [-0.39, 0.29) is 28.8 Å². The van der Waals surface area contributed by atoms with E-state index in [1.165, 1.54) is 24.4 Å². The van der Waals surface area contributed by atoms with Crippen molar-refractivity contribution >= 4 is 61.6 Å². The van der Waals surface area contributed by atoms with Crippen LogP contribution in [0.2, 0.25) is 0 Å². The van der Waals surface area contributed by atoms with Crippen molar-refractivity contribution in [1.29, 1.82) is 0 Å². The molecule has 0 aliphatic heterocycles. The summed E-state index contributed by atoms with van der Waals surface area (Å²) < 4.78 is 29.4. The number of carboxylic acids is 1. The monoisotopic (exact) mass is 537 g/mol. The van der Waals surface area contributed by atoms with Gasteiger partial charge in [-0.3, -0.25) is 13.7 Å². The smallest absolute Gasteiger partial charge is 0.324 e. The molecule has 1 aromatic carbocycles. The average Bonchev–Trinajstić information content (AvgIpc) is 3.24. The minimum atomic E-state index is -4.15. The van der Waals surface area contributed by atoms with Crippen molar-refractivity contribution in [2.45, 2.75) is 11.7 Å². The lowest BCUT2D eigenvalue weighted by atomic mass is 10.2. The number of allylic oxidation sites excluding steroid dienone is 3. The standard InChI is InChI=1S/C22H21Cl2N5O5S/c23-15-8-16(24)10-18(9-15)35(33,34)29(13-22(31)32)17-1-2-19-14(7-17)3-5-28(19)21-12-26-20(11-27-21)25-4-6-30/h1-3,5,7-9,11-12,18,30H,4,6,10,13H2,(H,25,26)(H,31,32). The number of benzene rings is 1. The van der Waals surface area contributed by atoms with Crippen LogP contribution < -0.4 is 9.62 Å². The van der Waals surface area contributed by atoms with Crippen molar-refractivity contribution in [1.82, 2.24) is 14.5 Å². The summed E-state index contributed by atoms with van der Waals surface area (Å²) in [5, 5.41) is 21.3. The topological polar surface area (TPSA) is 138 Å². The largest absolute Gasteiger partial charge is 0.480 e. The highest BCUT2D eigenvalue weighted by atomic mass is 35.5. The van der Waals surface area contributed by atoms with E-state index in [4.69, 9.17) is 28.3 Å². The maximum atomic E-state index is 13.4. The van der Waals surface area contributed by atoms with E-state index in [2.05, 4.69) is 15.3 Å². The highest BCUT2D eigenvalue weighted by Gasteiger charge is 2.34. The Morgan fingerprint density at radius 2 is 2.03 bits per heavy atom. The highest BCUT2D eigenvalue weighted by molar-refractivity contribution is 7.93. The number of sulfonamides is 1. The molecular formula is C22H21Cl2N5O5S. The number of nitrogens with zero attached hydrogens (tertiary/aromatic N) is 4. The summed E-state index contributed by atoms with van der Waals surface area (Å²) in [5.74, 6) is -0.257. The number of anilines is 2. The molecule has 0 spiro atoms. The quantitative estimate of drug-likeness (QED) is 0.378. The molecule has 2 heterocycles. The second kappa shape index (κ2) is 10.2. The van der Waals surface area contributed by atoms with E-state index in [1.807, 2.05) is 0 Å². The van der Waals surface area contributed by atoms with Gasteiger partial charge in [0.2, 0.25) is 10.0 Å². The third kappa shape index (κ3) is 5.43. The maximum Gasteiger partial charge on any atom is 0.324 e. The van der Waals surface area contributed by atoms with Crippen molar-refractivity contribution in [2.24, 2.45) is 0 Å².